The van der Waals surface area contributed by atoms with Crippen molar-refractivity contribution < 1.29 is 0 Å². The Balaban J connectivity index is 1.93. The zero-order valence-electron chi connectivity index (χ0n) is 11.8. The van der Waals surface area contributed by atoms with Crippen molar-refractivity contribution in [3.05, 3.63) is 29.8 Å². The molecule has 1 aromatic rings. The van der Waals surface area contributed by atoms with Gasteiger partial charge in [0, 0.05) is 38.9 Å². The van der Waals surface area contributed by atoms with Crippen LogP contribution in [0.1, 0.15) is 37.8 Å². The summed E-state index contributed by atoms with van der Waals surface area (Å²) in [5.74, 6) is 0. The molecule has 0 saturated carbocycles. The Morgan fingerprint density at radius 1 is 1.06 bits per heavy atom. The van der Waals surface area contributed by atoms with Crippen LogP contribution in [0.5, 0.6) is 0 Å². The molecule has 0 spiro atoms. The second-order valence-corrected chi connectivity index (χ2v) is 5.38. The number of hydrogen-bond acceptors (Lipinski definition) is 3. The van der Waals surface area contributed by atoms with Crippen LogP contribution in [0.4, 0.5) is 5.69 Å². The van der Waals surface area contributed by atoms with Crippen molar-refractivity contribution in [2.24, 2.45) is 0 Å². The molecule has 0 amide bonds. The Morgan fingerprint density at radius 3 is 2.22 bits per heavy atom. The van der Waals surface area contributed by atoms with Crippen molar-refractivity contribution in [2.75, 3.05) is 32.1 Å². The first-order valence-electron chi connectivity index (χ1n) is 6.95. The van der Waals surface area contributed by atoms with Crippen molar-refractivity contribution in [1.82, 2.24) is 10.4 Å². The molecule has 3 nitrogen and oxygen atoms in total. The number of hydrazine groups is 1. The molecule has 1 heterocycles. The van der Waals surface area contributed by atoms with Crippen molar-refractivity contribution >= 4 is 5.69 Å². The highest BCUT2D eigenvalue weighted by molar-refractivity contribution is 5.46. The molecule has 1 N–H and O–H groups in total. The number of hydrogen-bond donors (Lipinski definition) is 1. The summed E-state index contributed by atoms with van der Waals surface area (Å²) in [5.41, 5.74) is 6.21. The van der Waals surface area contributed by atoms with Gasteiger partial charge in [0.15, 0.2) is 0 Å². The van der Waals surface area contributed by atoms with E-state index >= 15 is 0 Å². The van der Waals surface area contributed by atoms with Gasteiger partial charge in [-0.3, -0.25) is 0 Å². The SMILES string of the molecule is CC(NN1CCCCC1)c1ccc(N(C)C)cc1. The van der Waals surface area contributed by atoms with Gasteiger partial charge in [-0.15, -0.1) is 0 Å². The summed E-state index contributed by atoms with van der Waals surface area (Å²) in [6.07, 6.45) is 4.02. The summed E-state index contributed by atoms with van der Waals surface area (Å²) in [7, 11) is 4.15. The molecule has 1 atom stereocenters. The van der Waals surface area contributed by atoms with Crippen molar-refractivity contribution in [1.29, 1.82) is 0 Å². The second kappa shape index (κ2) is 6.21. The molecule has 1 unspecified atom stereocenters. The molecule has 2 rings (SSSR count). The predicted molar refractivity (Wildman–Crippen MR) is 77.7 cm³/mol. The quantitative estimate of drug-likeness (QED) is 0.882. The zero-order valence-corrected chi connectivity index (χ0v) is 11.8. The van der Waals surface area contributed by atoms with Crippen molar-refractivity contribution in [3.8, 4) is 0 Å². The van der Waals surface area contributed by atoms with Gasteiger partial charge in [-0.05, 0) is 37.5 Å². The van der Waals surface area contributed by atoms with Crippen molar-refractivity contribution in [2.45, 2.75) is 32.2 Å². The van der Waals surface area contributed by atoms with E-state index < -0.39 is 0 Å². The van der Waals surface area contributed by atoms with Crippen LogP contribution in [0, 0.1) is 0 Å². The molecule has 1 saturated heterocycles. The lowest BCUT2D eigenvalue weighted by Crippen LogP contribution is -2.42. The Hall–Kier alpha value is -1.06. The van der Waals surface area contributed by atoms with Gasteiger partial charge in [-0.1, -0.05) is 18.6 Å². The minimum absolute atomic E-state index is 0.388. The fourth-order valence-electron chi connectivity index (χ4n) is 2.43. The van der Waals surface area contributed by atoms with E-state index in [1.54, 1.807) is 0 Å². The highest BCUT2D eigenvalue weighted by atomic mass is 15.5. The standard InChI is InChI=1S/C15H25N3/c1-13(16-18-11-5-4-6-12-18)14-7-9-15(10-8-14)17(2)3/h7-10,13,16H,4-6,11-12H2,1-3H3. The summed E-state index contributed by atoms with van der Waals surface area (Å²) < 4.78 is 0. The molecule has 100 valence electrons. The maximum atomic E-state index is 3.60. The molecular formula is C15H25N3. The van der Waals surface area contributed by atoms with Gasteiger partial charge in [0.2, 0.25) is 0 Å². The van der Waals surface area contributed by atoms with Gasteiger partial charge in [-0.25, -0.2) is 10.4 Å². The van der Waals surface area contributed by atoms with E-state index in [9.17, 15) is 0 Å². The Labute approximate surface area is 111 Å². The van der Waals surface area contributed by atoms with E-state index in [2.05, 4.69) is 60.6 Å². The number of piperidine rings is 1. The third kappa shape index (κ3) is 3.47. The maximum Gasteiger partial charge on any atom is 0.0436 e. The van der Waals surface area contributed by atoms with E-state index in [-0.39, 0.29) is 0 Å². The predicted octanol–water partition coefficient (Wildman–Crippen LogP) is 2.80. The Morgan fingerprint density at radius 2 is 1.67 bits per heavy atom. The van der Waals surface area contributed by atoms with Gasteiger partial charge in [0.05, 0.1) is 0 Å². The van der Waals surface area contributed by atoms with Crippen LogP contribution in [0.2, 0.25) is 0 Å². The van der Waals surface area contributed by atoms with Crippen LogP contribution in [-0.4, -0.2) is 32.2 Å². The molecule has 0 bridgehead atoms. The fourth-order valence-corrected chi connectivity index (χ4v) is 2.43. The highest BCUT2D eigenvalue weighted by Crippen LogP contribution is 2.18. The number of benzene rings is 1. The molecule has 0 radical (unpaired) electrons. The molecule has 1 fully saturated rings. The molecule has 18 heavy (non-hydrogen) atoms. The van der Waals surface area contributed by atoms with Gasteiger partial charge >= 0.3 is 0 Å². The highest BCUT2D eigenvalue weighted by Gasteiger charge is 2.13. The third-order valence-corrected chi connectivity index (χ3v) is 3.64. The lowest BCUT2D eigenvalue weighted by Gasteiger charge is -2.30. The normalized spacial score (nSPS) is 18.6. The first-order valence-corrected chi connectivity index (χ1v) is 6.95. The average Bonchev–Trinajstić information content (AvgIpc) is 2.40. The molecule has 1 aliphatic heterocycles. The van der Waals surface area contributed by atoms with Gasteiger partial charge < -0.3 is 4.90 Å². The first kappa shape index (κ1) is 13.4. The van der Waals surface area contributed by atoms with Gasteiger partial charge in [0.25, 0.3) is 0 Å². The third-order valence-electron chi connectivity index (χ3n) is 3.64. The summed E-state index contributed by atoms with van der Waals surface area (Å²) in [5, 5.41) is 2.37. The van der Waals surface area contributed by atoms with Crippen LogP contribution in [0.3, 0.4) is 0 Å². The molecule has 0 aromatic heterocycles. The van der Waals surface area contributed by atoms with E-state index in [4.69, 9.17) is 0 Å². The number of anilines is 1. The number of nitrogens with zero attached hydrogens (tertiary/aromatic N) is 2. The Bertz CT molecular complexity index is 353. The lowest BCUT2D eigenvalue weighted by atomic mass is 10.1. The topological polar surface area (TPSA) is 18.5 Å². The van der Waals surface area contributed by atoms with E-state index in [1.807, 2.05) is 0 Å². The van der Waals surface area contributed by atoms with Gasteiger partial charge in [0.1, 0.15) is 0 Å². The summed E-state index contributed by atoms with van der Waals surface area (Å²) in [4.78, 5) is 2.13. The Kier molecular flexibility index (Phi) is 4.61. The summed E-state index contributed by atoms with van der Waals surface area (Å²) >= 11 is 0. The van der Waals surface area contributed by atoms with Crippen LogP contribution < -0.4 is 10.3 Å². The largest absolute Gasteiger partial charge is 0.378 e. The number of nitrogens with one attached hydrogen (secondary N) is 1. The zero-order chi connectivity index (χ0) is 13.0. The molecule has 0 aliphatic carbocycles. The smallest absolute Gasteiger partial charge is 0.0436 e. The maximum absolute atomic E-state index is 3.60. The van der Waals surface area contributed by atoms with Crippen LogP contribution in [0.25, 0.3) is 0 Å². The van der Waals surface area contributed by atoms with E-state index in [0.29, 0.717) is 6.04 Å². The molecule has 3 heteroatoms. The number of rotatable bonds is 4. The van der Waals surface area contributed by atoms with Crippen LogP contribution in [0.15, 0.2) is 24.3 Å². The van der Waals surface area contributed by atoms with Crippen LogP contribution in [-0.2, 0) is 0 Å². The monoisotopic (exact) mass is 247 g/mol. The van der Waals surface area contributed by atoms with Gasteiger partial charge in [-0.2, -0.15) is 0 Å². The minimum Gasteiger partial charge on any atom is -0.378 e. The average molecular weight is 247 g/mol. The first-order chi connectivity index (χ1) is 8.66. The second-order valence-electron chi connectivity index (χ2n) is 5.38. The van der Waals surface area contributed by atoms with Crippen molar-refractivity contribution in [3.63, 3.8) is 0 Å². The lowest BCUT2D eigenvalue weighted by molar-refractivity contribution is 0.133. The van der Waals surface area contributed by atoms with Crippen LogP contribution >= 0.6 is 0 Å². The molecular weight excluding hydrogens is 222 g/mol. The minimum atomic E-state index is 0.388. The molecule has 1 aromatic carbocycles. The summed E-state index contributed by atoms with van der Waals surface area (Å²) in [6, 6.07) is 9.20. The van der Waals surface area contributed by atoms with E-state index in [0.717, 1.165) is 0 Å². The molecule has 1 aliphatic rings. The summed E-state index contributed by atoms with van der Waals surface area (Å²) in [6.45, 7) is 4.60. The fraction of sp³-hybridized carbons (Fsp3) is 0.600. The van der Waals surface area contributed by atoms with E-state index in [1.165, 1.54) is 43.6 Å².